The highest BCUT2D eigenvalue weighted by Gasteiger charge is 2.11. The van der Waals surface area contributed by atoms with Gasteiger partial charge in [0.2, 0.25) is 0 Å². The first-order valence-corrected chi connectivity index (χ1v) is 8.37. The number of amides is 1. The average molecular weight is 408 g/mol. The van der Waals surface area contributed by atoms with E-state index in [0.717, 1.165) is 19.4 Å². The van der Waals surface area contributed by atoms with Crippen LogP contribution >= 0.6 is 33.9 Å². The van der Waals surface area contributed by atoms with Crippen LogP contribution in [-0.2, 0) is 0 Å². The second kappa shape index (κ2) is 5.73. The molecule has 3 aromatic rings. The monoisotopic (exact) mass is 408 g/mol. The SMILES string of the molecule is Cc1cc(C)c2nc(NC(=O)c3ccc(I)cc3)sc2c1. The van der Waals surface area contributed by atoms with Crippen molar-refractivity contribution < 1.29 is 4.79 Å². The van der Waals surface area contributed by atoms with Gasteiger partial charge in [-0.3, -0.25) is 10.1 Å². The number of anilines is 1. The summed E-state index contributed by atoms with van der Waals surface area (Å²) in [7, 11) is 0. The molecule has 0 fully saturated rings. The summed E-state index contributed by atoms with van der Waals surface area (Å²) in [6.07, 6.45) is 0. The molecule has 0 saturated carbocycles. The fourth-order valence-electron chi connectivity index (χ4n) is 2.19. The largest absolute Gasteiger partial charge is 0.298 e. The van der Waals surface area contributed by atoms with Gasteiger partial charge in [-0.2, -0.15) is 0 Å². The summed E-state index contributed by atoms with van der Waals surface area (Å²) in [6.45, 7) is 4.11. The van der Waals surface area contributed by atoms with Gasteiger partial charge in [0.25, 0.3) is 5.91 Å². The van der Waals surface area contributed by atoms with E-state index in [1.54, 1.807) is 0 Å². The Hall–Kier alpha value is -1.47. The molecular formula is C16H13IN2OS. The first-order valence-electron chi connectivity index (χ1n) is 6.47. The molecule has 106 valence electrons. The molecule has 0 aliphatic heterocycles. The zero-order chi connectivity index (χ0) is 15.0. The van der Waals surface area contributed by atoms with Crippen molar-refractivity contribution in [3.63, 3.8) is 0 Å². The highest BCUT2D eigenvalue weighted by Crippen LogP contribution is 2.29. The third kappa shape index (κ3) is 3.08. The molecule has 0 aliphatic carbocycles. The molecule has 1 amide bonds. The zero-order valence-corrected chi connectivity index (χ0v) is 14.6. The molecule has 0 radical (unpaired) electrons. The van der Waals surface area contributed by atoms with Crippen LogP contribution < -0.4 is 5.32 Å². The summed E-state index contributed by atoms with van der Waals surface area (Å²) < 4.78 is 2.21. The summed E-state index contributed by atoms with van der Waals surface area (Å²) in [5.74, 6) is -0.125. The summed E-state index contributed by atoms with van der Waals surface area (Å²) in [6, 6.07) is 11.7. The van der Waals surface area contributed by atoms with Gasteiger partial charge >= 0.3 is 0 Å². The molecule has 0 saturated heterocycles. The van der Waals surface area contributed by atoms with Gasteiger partial charge in [0.15, 0.2) is 5.13 Å². The summed E-state index contributed by atoms with van der Waals surface area (Å²) >= 11 is 3.72. The van der Waals surface area contributed by atoms with Crippen LogP contribution in [0.2, 0.25) is 0 Å². The number of halogens is 1. The molecule has 1 heterocycles. The Morgan fingerprint density at radius 1 is 1.19 bits per heavy atom. The van der Waals surface area contributed by atoms with Crippen LogP contribution in [0.1, 0.15) is 21.5 Å². The number of benzene rings is 2. The molecule has 0 aliphatic rings. The number of thiazole rings is 1. The van der Waals surface area contributed by atoms with Crippen molar-refractivity contribution >= 4 is 55.2 Å². The lowest BCUT2D eigenvalue weighted by Crippen LogP contribution is -2.11. The van der Waals surface area contributed by atoms with Gasteiger partial charge in [-0.15, -0.1) is 0 Å². The lowest BCUT2D eigenvalue weighted by molar-refractivity contribution is 0.102. The standard InChI is InChI=1S/C16H13IN2OS/c1-9-7-10(2)14-13(8-9)21-16(18-14)19-15(20)11-3-5-12(17)6-4-11/h3-8H,1-2H3,(H,18,19,20). The van der Waals surface area contributed by atoms with Gasteiger partial charge in [0.1, 0.15) is 0 Å². The Morgan fingerprint density at radius 2 is 1.90 bits per heavy atom. The minimum atomic E-state index is -0.125. The van der Waals surface area contributed by atoms with Crippen LogP contribution in [0.15, 0.2) is 36.4 Å². The van der Waals surface area contributed by atoms with Crippen LogP contribution in [0.25, 0.3) is 10.2 Å². The van der Waals surface area contributed by atoms with E-state index >= 15 is 0 Å². The number of fused-ring (bicyclic) bond motifs is 1. The fourth-order valence-corrected chi connectivity index (χ4v) is 3.59. The van der Waals surface area contributed by atoms with Gasteiger partial charge in [0, 0.05) is 9.13 Å². The average Bonchev–Trinajstić information content (AvgIpc) is 2.82. The van der Waals surface area contributed by atoms with Crippen molar-refractivity contribution in [2.75, 3.05) is 5.32 Å². The van der Waals surface area contributed by atoms with Crippen LogP contribution in [0.5, 0.6) is 0 Å². The van der Waals surface area contributed by atoms with Crippen LogP contribution in [-0.4, -0.2) is 10.9 Å². The van der Waals surface area contributed by atoms with Crippen molar-refractivity contribution in [3.05, 3.63) is 56.7 Å². The van der Waals surface area contributed by atoms with Crippen LogP contribution in [0.3, 0.4) is 0 Å². The molecule has 0 spiro atoms. The van der Waals surface area contributed by atoms with E-state index in [9.17, 15) is 4.79 Å². The molecule has 21 heavy (non-hydrogen) atoms. The lowest BCUT2D eigenvalue weighted by Gasteiger charge is -2.01. The van der Waals surface area contributed by atoms with Crippen LogP contribution in [0, 0.1) is 17.4 Å². The van der Waals surface area contributed by atoms with Crippen molar-refractivity contribution in [2.24, 2.45) is 0 Å². The topological polar surface area (TPSA) is 42.0 Å². The number of carbonyl (C=O) groups excluding carboxylic acids is 1. The van der Waals surface area contributed by atoms with E-state index in [1.165, 1.54) is 16.9 Å². The van der Waals surface area contributed by atoms with Gasteiger partial charge in [-0.25, -0.2) is 4.98 Å². The smallest absolute Gasteiger partial charge is 0.257 e. The molecule has 0 unspecified atom stereocenters. The molecule has 1 aromatic heterocycles. The van der Waals surface area contributed by atoms with E-state index in [-0.39, 0.29) is 5.91 Å². The number of carbonyl (C=O) groups is 1. The Balaban J connectivity index is 1.89. The van der Waals surface area contributed by atoms with E-state index in [2.05, 4.69) is 51.9 Å². The molecule has 2 aromatic carbocycles. The predicted octanol–water partition coefficient (Wildman–Crippen LogP) is 4.77. The third-order valence-corrected chi connectivity index (χ3v) is 4.79. The van der Waals surface area contributed by atoms with Gasteiger partial charge in [-0.1, -0.05) is 17.4 Å². The highest BCUT2D eigenvalue weighted by molar-refractivity contribution is 14.1. The molecule has 3 nitrogen and oxygen atoms in total. The Morgan fingerprint density at radius 3 is 2.62 bits per heavy atom. The molecule has 5 heteroatoms. The van der Waals surface area contributed by atoms with E-state index in [4.69, 9.17) is 0 Å². The first-order chi connectivity index (χ1) is 10.0. The normalized spacial score (nSPS) is 10.8. The minimum absolute atomic E-state index is 0.125. The quantitative estimate of drug-likeness (QED) is 0.621. The van der Waals surface area contributed by atoms with Crippen molar-refractivity contribution in [3.8, 4) is 0 Å². The number of nitrogens with zero attached hydrogens (tertiary/aromatic N) is 1. The number of hydrogen-bond donors (Lipinski definition) is 1. The van der Waals surface area contributed by atoms with Gasteiger partial charge in [-0.05, 0) is 77.9 Å². The maximum Gasteiger partial charge on any atom is 0.257 e. The summed E-state index contributed by atoms with van der Waals surface area (Å²) in [5, 5.41) is 3.52. The molecule has 1 N–H and O–H groups in total. The maximum atomic E-state index is 12.2. The first kappa shape index (κ1) is 14.5. The molecule has 3 rings (SSSR count). The highest BCUT2D eigenvalue weighted by atomic mass is 127. The lowest BCUT2D eigenvalue weighted by atomic mass is 10.1. The van der Waals surface area contributed by atoms with E-state index < -0.39 is 0 Å². The number of nitrogens with one attached hydrogen (secondary N) is 1. The maximum absolute atomic E-state index is 12.2. The number of aryl methyl sites for hydroxylation is 2. The summed E-state index contributed by atoms with van der Waals surface area (Å²) in [5.41, 5.74) is 3.95. The fraction of sp³-hybridized carbons (Fsp3) is 0.125. The molecule has 0 bridgehead atoms. The van der Waals surface area contributed by atoms with E-state index in [0.29, 0.717) is 10.7 Å². The van der Waals surface area contributed by atoms with Crippen molar-refractivity contribution in [2.45, 2.75) is 13.8 Å². The summed E-state index contributed by atoms with van der Waals surface area (Å²) in [4.78, 5) is 16.7. The number of aromatic nitrogens is 1. The zero-order valence-electron chi connectivity index (χ0n) is 11.6. The van der Waals surface area contributed by atoms with Crippen molar-refractivity contribution in [1.82, 2.24) is 4.98 Å². The third-order valence-electron chi connectivity index (χ3n) is 3.16. The molecule has 0 atom stereocenters. The minimum Gasteiger partial charge on any atom is -0.298 e. The van der Waals surface area contributed by atoms with Crippen molar-refractivity contribution in [1.29, 1.82) is 0 Å². The molecular weight excluding hydrogens is 395 g/mol. The Bertz CT molecular complexity index is 824. The van der Waals surface area contributed by atoms with Gasteiger partial charge in [0.05, 0.1) is 10.2 Å². The van der Waals surface area contributed by atoms with E-state index in [1.807, 2.05) is 31.2 Å². The predicted molar refractivity (Wildman–Crippen MR) is 96.2 cm³/mol. The second-order valence-corrected chi connectivity index (χ2v) is 7.18. The second-order valence-electron chi connectivity index (χ2n) is 4.91. The number of rotatable bonds is 2. The number of hydrogen-bond acceptors (Lipinski definition) is 3. The van der Waals surface area contributed by atoms with Gasteiger partial charge < -0.3 is 0 Å². The van der Waals surface area contributed by atoms with Crippen LogP contribution in [0.4, 0.5) is 5.13 Å². The Kier molecular flexibility index (Phi) is 3.95. The Labute approximate surface area is 140 Å².